The molecule has 1 aromatic heterocycles. The maximum absolute atomic E-state index is 12.9. The van der Waals surface area contributed by atoms with Gasteiger partial charge in [-0.15, -0.1) is 10.2 Å². The standard InChI is InChI=1S/C17H12N4O4S/c1-2-15(22)21-19-17(18-20-21)10-7-8-12-14(9-10)26(24,25)13-6-4-3-5-11(13)16(12)23/h3-9H,2H2,1H3. The molecule has 0 atom stereocenters. The molecule has 0 saturated heterocycles. The highest BCUT2D eigenvalue weighted by atomic mass is 32.2. The first-order valence-corrected chi connectivity index (χ1v) is 9.28. The van der Waals surface area contributed by atoms with Gasteiger partial charge in [0.2, 0.25) is 15.7 Å². The van der Waals surface area contributed by atoms with Crippen molar-refractivity contribution in [3.8, 4) is 11.4 Å². The quantitative estimate of drug-likeness (QED) is 0.530. The number of hydrogen-bond donors (Lipinski definition) is 0. The predicted octanol–water partition coefficient (Wildman–Crippen LogP) is 1.77. The summed E-state index contributed by atoms with van der Waals surface area (Å²) in [5.41, 5.74) is 0.615. The Morgan fingerprint density at radius 3 is 2.58 bits per heavy atom. The first-order chi connectivity index (χ1) is 12.4. The van der Waals surface area contributed by atoms with Crippen molar-refractivity contribution in [2.24, 2.45) is 0 Å². The molecule has 0 radical (unpaired) electrons. The fraction of sp³-hybridized carbons (Fsp3) is 0.118. The average molecular weight is 368 g/mol. The molecule has 0 spiro atoms. The number of hydrogen-bond acceptors (Lipinski definition) is 7. The molecule has 2 aromatic carbocycles. The molecule has 0 aliphatic carbocycles. The maximum atomic E-state index is 12.9. The van der Waals surface area contributed by atoms with Gasteiger partial charge >= 0.3 is 0 Å². The number of carbonyl (C=O) groups excluding carboxylic acids is 2. The zero-order valence-corrected chi connectivity index (χ0v) is 14.4. The topological polar surface area (TPSA) is 112 Å². The maximum Gasteiger partial charge on any atom is 0.266 e. The van der Waals surface area contributed by atoms with E-state index in [2.05, 4.69) is 15.4 Å². The van der Waals surface area contributed by atoms with Gasteiger partial charge in [-0.2, -0.15) is 0 Å². The van der Waals surface area contributed by atoms with Crippen LogP contribution < -0.4 is 0 Å². The van der Waals surface area contributed by atoms with E-state index < -0.39 is 9.84 Å². The van der Waals surface area contributed by atoms with Gasteiger partial charge in [-0.25, -0.2) is 8.42 Å². The molecule has 0 bridgehead atoms. The second-order valence-corrected chi connectivity index (χ2v) is 7.58. The summed E-state index contributed by atoms with van der Waals surface area (Å²) in [6, 6.07) is 10.4. The number of sulfone groups is 1. The minimum Gasteiger partial charge on any atom is -0.289 e. The summed E-state index contributed by atoms with van der Waals surface area (Å²) in [7, 11) is -3.85. The molecule has 1 aliphatic heterocycles. The molecule has 2 heterocycles. The van der Waals surface area contributed by atoms with E-state index in [4.69, 9.17) is 0 Å². The number of aromatic nitrogens is 4. The van der Waals surface area contributed by atoms with Gasteiger partial charge in [0.15, 0.2) is 5.78 Å². The van der Waals surface area contributed by atoms with Gasteiger partial charge in [0, 0.05) is 23.1 Å². The van der Waals surface area contributed by atoms with E-state index in [-0.39, 0.29) is 44.9 Å². The fourth-order valence-corrected chi connectivity index (χ4v) is 4.48. The van der Waals surface area contributed by atoms with E-state index in [0.29, 0.717) is 5.56 Å². The first kappa shape index (κ1) is 16.3. The van der Waals surface area contributed by atoms with Crippen LogP contribution in [0.2, 0.25) is 0 Å². The van der Waals surface area contributed by atoms with Crippen LogP contribution in [-0.4, -0.2) is 40.3 Å². The van der Waals surface area contributed by atoms with Crippen molar-refractivity contribution in [3.05, 3.63) is 53.6 Å². The first-order valence-electron chi connectivity index (χ1n) is 7.80. The molecule has 130 valence electrons. The lowest BCUT2D eigenvalue weighted by atomic mass is 10.0. The smallest absolute Gasteiger partial charge is 0.266 e. The monoisotopic (exact) mass is 368 g/mol. The number of ketones is 1. The van der Waals surface area contributed by atoms with Crippen molar-refractivity contribution in [1.29, 1.82) is 0 Å². The Kier molecular flexibility index (Phi) is 3.55. The highest BCUT2D eigenvalue weighted by molar-refractivity contribution is 7.91. The second kappa shape index (κ2) is 5.67. The SMILES string of the molecule is CCC(=O)n1nnc(-c2ccc3c(c2)S(=O)(=O)c2ccccc2C3=O)n1. The Morgan fingerprint density at radius 1 is 1.08 bits per heavy atom. The summed E-state index contributed by atoms with van der Waals surface area (Å²) in [6.45, 7) is 1.67. The molecule has 1 aliphatic rings. The van der Waals surface area contributed by atoms with Crippen LogP contribution in [0.1, 0.15) is 34.1 Å². The van der Waals surface area contributed by atoms with Crippen LogP contribution in [0.15, 0.2) is 52.3 Å². The fourth-order valence-electron chi connectivity index (χ4n) is 2.80. The van der Waals surface area contributed by atoms with Crippen LogP contribution in [0.25, 0.3) is 11.4 Å². The highest BCUT2D eigenvalue weighted by Gasteiger charge is 2.34. The van der Waals surface area contributed by atoms with E-state index in [1.165, 1.54) is 30.3 Å². The van der Waals surface area contributed by atoms with Crippen molar-refractivity contribution < 1.29 is 18.0 Å². The summed E-state index contributed by atoms with van der Waals surface area (Å²) < 4.78 is 25.8. The van der Waals surface area contributed by atoms with Gasteiger partial charge in [0.05, 0.1) is 9.79 Å². The van der Waals surface area contributed by atoms with Crippen molar-refractivity contribution in [2.75, 3.05) is 0 Å². The molecule has 8 nitrogen and oxygen atoms in total. The van der Waals surface area contributed by atoms with Crippen molar-refractivity contribution >= 4 is 21.5 Å². The zero-order chi connectivity index (χ0) is 18.5. The van der Waals surface area contributed by atoms with Gasteiger partial charge in [0.25, 0.3) is 5.91 Å². The van der Waals surface area contributed by atoms with Gasteiger partial charge in [-0.05, 0) is 29.5 Å². The molecule has 26 heavy (non-hydrogen) atoms. The Bertz CT molecular complexity index is 1180. The Morgan fingerprint density at radius 2 is 1.81 bits per heavy atom. The van der Waals surface area contributed by atoms with Crippen LogP contribution in [0.3, 0.4) is 0 Å². The molecule has 0 amide bonds. The molecule has 0 unspecified atom stereocenters. The number of fused-ring (bicyclic) bond motifs is 2. The van der Waals surface area contributed by atoms with Crippen LogP contribution >= 0.6 is 0 Å². The van der Waals surface area contributed by atoms with Crippen LogP contribution in [0.4, 0.5) is 0 Å². The molecule has 9 heteroatoms. The third kappa shape index (κ3) is 2.28. The Labute approximate surface area is 148 Å². The number of tetrazole rings is 1. The van der Waals surface area contributed by atoms with E-state index in [0.717, 1.165) is 4.80 Å². The molecular weight excluding hydrogens is 356 g/mol. The van der Waals surface area contributed by atoms with Crippen molar-refractivity contribution in [3.63, 3.8) is 0 Å². The van der Waals surface area contributed by atoms with Crippen LogP contribution in [-0.2, 0) is 9.84 Å². The van der Waals surface area contributed by atoms with Gasteiger partial charge in [-0.1, -0.05) is 29.9 Å². The van der Waals surface area contributed by atoms with Crippen LogP contribution in [0, 0.1) is 0 Å². The van der Waals surface area contributed by atoms with Crippen molar-refractivity contribution in [2.45, 2.75) is 23.1 Å². The van der Waals surface area contributed by atoms with Gasteiger partial charge in [0.1, 0.15) is 0 Å². The van der Waals surface area contributed by atoms with Gasteiger partial charge in [-0.3, -0.25) is 9.59 Å². The highest BCUT2D eigenvalue weighted by Crippen LogP contribution is 2.35. The second-order valence-electron chi connectivity index (χ2n) is 5.69. The largest absolute Gasteiger partial charge is 0.289 e. The average Bonchev–Trinajstić information content (AvgIpc) is 3.15. The Hall–Kier alpha value is -3.20. The van der Waals surface area contributed by atoms with Crippen LogP contribution in [0.5, 0.6) is 0 Å². The number of rotatable bonds is 2. The predicted molar refractivity (Wildman–Crippen MR) is 89.5 cm³/mol. The minimum absolute atomic E-state index is 0.0209. The van der Waals surface area contributed by atoms with E-state index in [9.17, 15) is 18.0 Å². The third-order valence-corrected chi connectivity index (χ3v) is 5.99. The molecular formula is C17H12N4O4S. The molecule has 3 aromatic rings. The van der Waals surface area contributed by atoms with E-state index in [1.807, 2.05) is 0 Å². The third-order valence-electron chi connectivity index (χ3n) is 4.13. The summed E-state index contributed by atoms with van der Waals surface area (Å²) >= 11 is 0. The zero-order valence-electron chi connectivity index (χ0n) is 13.6. The summed E-state index contributed by atoms with van der Waals surface area (Å²) in [5, 5.41) is 11.4. The number of benzene rings is 2. The lowest BCUT2D eigenvalue weighted by Gasteiger charge is -2.18. The summed E-state index contributed by atoms with van der Waals surface area (Å²) in [5.74, 6) is -0.579. The van der Waals surface area contributed by atoms with E-state index >= 15 is 0 Å². The minimum atomic E-state index is -3.85. The van der Waals surface area contributed by atoms with Crippen molar-refractivity contribution in [1.82, 2.24) is 20.2 Å². The number of carbonyl (C=O) groups is 2. The van der Waals surface area contributed by atoms with Gasteiger partial charge < -0.3 is 0 Å². The lowest BCUT2D eigenvalue weighted by Crippen LogP contribution is -2.20. The molecule has 0 fully saturated rings. The number of nitrogens with zero attached hydrogens (tertiary/aromatic N) is 4. The molecule has 4 rings (SSSR count). The normalized spacial score (nSPS) is 14.6. The summed E-state index contributed by atoms with van der Waals surface area (Å²) in [6.07, 6.45) is 0.208. The summed E-state index contributed by atoms with van der Waals surface area (Å²) in [4.78, 5) is 25.0. The molecule has 0 saturated carbocycles. The van der Waals surface area contributed by atoms with E-state index in [1.54, 1.807) is 19.1 Å². The molecule has 0 N–H and O–H groups in total. The Balaban J connectivity index is 1.87. The lowest BCUT2D eigenvalue weighted by molar-refractivity contribution is 0.0872.